The molecule has 0 saturated carbocycles. The van der Waals surface area contributed by atoms with Gasteiger partial charge in [0.25, 0.3) is 0 Å². The van der Waals surface area contributed by atoms with Gasteiger partial charge in [0.05, 0.1) is 5.41 Å². The van der Waals surface area contributed by atoms with Gasteiger partial charge in [-0.1, -0.05) is 48.5 Å². The van der Waals surface area contributed by atoms with E-state index in [1.54, 1.807) is 6.92 Å². The van der Waals surface area contributed by atoms with Crippen molar-refractivity contribution in [3.05, 3.63) is 65.7 Å². The largest absolute Gasteiger partial charge is 0.325 e. The molecule has 0 aliphatic carbocycles. The Kier molecular flexibility index (Phi) is 3.34. The highest BCUT2D eigenvalue weighted by Gasteiger charge is 2.47. The molecule has 0 bridgehead atoms. The Hall–Kier alpha value is -2.42. The maximum absolute atomic E-state index is 12.6. The zero-order chi connectivity index (χ0) is 14.9. The molecular formula is C18H17NO2. The molecule has 0 fully saturated rings. The third-order valence-electron chi connectivity index (χ3n) is 4.02. The van der Waals surface area contributed by atoms with E-state index in [9.17, 15) is 9.59 Å². The summed E-state index contributed by atoms with van der Waals surface area (Å²) in [4.78, 5) is 24.4. The molecule has 3 nitrogen and oxygen atoms in total. The quantitative estimate of drug-likeness (QED) is 0.934. The maximum atomic E-state index is 12.6. The van der Waals surface area contributed by atoms with Gasteiger partial charge in [-0.05, 0) is 30.5 Å². The number of nitrogens with one attached hydrogen (secondary N) is 1. The van der Waals surface area contributed by atoms with Crippen molar-refractivity contribution in [2.45, 2.75) is 25.2 Å². The average molecular weight is 279 g/mol. The molecule has 1 atom stereocenters. The Balaban J connectivity index is 2.09. The predicted octanol–water partition coefficient (Wildman–Crippen LogP) is 3.10. The van der Waals surface area contributed by atoms with Gasteiger partial charge < -0.3 is 5.32 Å². The zero-order valence-corrected chi connectivity index (χ0v) is 11.9. The number of ketones is 1. The van der Waals surface area contributed by atoms with Crippen LogP contribution in [0.4, 0.5) is 5.69 Å². The first-order valence-electron chi connectivity index (χ1n) is 7.06. The second-order valence-corrected chi connectivity index (χ2v) is 5.62. The number of Topliss-reactive ketones (excluding diaryl/α,β-unsaturated/α-hetero) is 1. The summed E-state index contributed by atoms with van der Waals surface area (Å²) in [6.07, 6.45) is 0.765. The summed E-state index contributed by atoms with van der Waals surface area (Å²) in [6, 6.07) is 17.5. The third kappa shape index (κ3) is 2.35. The SMILES string of the molecule is CC(=O)C[C@]1(Cc2ccccc2)C(=O)Nc2ccccc21. The van der Waals surface area contributed by atoms with E-state index in [1.165, 1.54) is 0 Å². The zero-order valence-electron chi connectivity index (χ0n) is 11.9. The van der Waals surface area contributed by atoms with E-state index in [-0.39, 0.29) is 18.1 Å². The number of fused-ring (bicyclic) bond motifs is 1. The fourth-order valence-electron chi connectivity index (χ4n) is 3.16. The molecule has 3 heteroatoms. The summed E-state index contributed by atoms with van der Waals surface area (Å²) in [7, 11) is 0. The first-order valence-corrected chi connectivity index (χ1v) is 7.06. The lowest BCUT2D eigenvalue weighted by molar-refractivity contribution is -0.126. The van der Waals surface area contributed by atoms with Crippen LogP contribution < -0.4 is 5.32 Å². The fourth-order valence-corrected chi connectivity index (χ4v) is 3.16. The summed E-state index contributed by atoms with van der Waals surface area (Å²) in [6.45, 7) is 1.54. The predicted molar refractivity (Wildman–Crippen MR) is 82.2 cm³/mol. The summed E-state index contributed by atoms with van der Waals surface area (Å²) in [5, 5.41) is 2.92. The Morgan fingerprint density at radius 3 is 2.43 bits per heavy atom. The Bertz CT molecular complexity index is 693. The molecule has 1 aliphatic rings. The topological polar surface area (TPSA) is 46.2 Å². The molecule has 2 aromatic carbocycles. The number of anilines is 1. The Morgan fingerprint density at radius 2 is 1.71 bits per heavy atom. The van der Waals surface area contributed by atoms with Crippen LogP contribution in [0, 0.1) is 0 Å². The number of benzene rings is 2. The third-order valence-corrected chi connectivity index (χ3v) is 4.02. The molecule has 1 aliphatic heterocycles. The van der Waals surface area contributed by atoms with Gasteiger partial charge in [-0.25, -0.2) is 0 Å². The highest BCUT2D eigenvalue weighted by atomic mass is 16.2. The lowest BCUT2D eigenvalue weighted by atomic mass is 9.73. The van der Waals surface area contributed by atoms with Gasteiger partial charge in [0.15, 0.2) is 0 Å². The number of amides is 1. The minimum absolute atomic E-state index is 0.0257. The van der Waals surface area contributed by atoms with Crippen LogP contribution in [-0.4, -0.2) is 11.7 Å². The van der Waals surface area contributed by atoms with Crippen molar-refractivity contribution in [1.82, 2.24) is 0 Å². The van der Waals surface area contributed by atoms with Gasteiger partial charge in [-0.3, -0.25) is 9.59 Å². The van der Waals surface area contributed by atoms with Crippen LogP contribution in [0.5, 0.6) is 0 Å². The minimum atomic E-state index is -0.788. The number of para-hydroxylation sites is 1. The van der Waals surface area contributed by atoms with Crippen LogP contribution in [-0.2, 0) is 21.4 Å². The van der Waals surface area contributed by atoms with Crippen molar-refractivity contribution in [3.63, 3.8) is 0 Å². The van der Waals surface area contributed by atoms with Gasteiger partial charge in [0.1, 0.15) is 5.78 Å². The van der Waals surface area contributed by atoms with E-state index in [0.717, 1.165) is 16.8 Å². The van der Waals surface area contributed by atoms with Crippen LogP contribution in [0.1, 0.15) is 24.5 Å². The number of carbonyl (C=O) groups is 2. The van der Waals surface area contributed by atoms with E-state index in [4.69, 9.17) is 0 Å². The van der Waals surface area contributed by atoms with Crippen molar-refractivity contribution >= 4 is 17.4 Å². The van der Waals surface area contributed by atoms with Crippen LogP contribution >= 0.6 is 0 Å². The summed E-state index contributed by atoms with van der Waals surface area (Å²) >= 11 is 0. The summed E-state index contributed by atoms with van der Waals surface area (Å²) < 4.78 is 0. The molecule has 106 valence electrons. The lowest BCUT2D eigenvalue weighted by Gasteiger charge is -2.26. The second-order valence-electron chi connectivity index (χ2n) is 5.62. The second kappa shape index (κ2) is 5.17. The van der Waals surface area contributed by atoms with Crippen molar-refractivity contribution in [3.8, 4) is 0 Å². The standard InChI is InChI=1S/C18H17NO2/c1-13(20)11-18(12-14-7-3-2-4-8-14)15-9-5-6-10-16(15)19-17(18)21/h2-10H,11-12H2,1H3,(H,19,21)/t18-/m1/s1. The normalized spacial score (nSPS) is 20.0. The molecule has 3 rings (SSSR count). The van der Waals surface area contributed by atoms with Crippen molar-refractivity contribution < 1.29 is 9.59 Å². The summed E-state index contributed by atoms with van der Waals surface area (Å²) in [5.41, 5.74) is 2.02. The number of carbonyl (C=O) groups excluding carboxylic acids is 2. The van der Waals surface area contributed by atoms with E-state index in [1.807, 2.05) is 54.6 Å². The lowest BCUT2D eigenvalue weighted by Crippen LogP contribution is -2.38. The molecule has 0 saturated heterocycles. The fraction of sp³-hybridized carbons (Fsp3) is 0.222. The van der Waals surface area contributed by atoms with Gasteiger partial charge in [0, 0.05) is 12.1 Å². The molecule has 21 heavy (non-hydrogen) atoms. The summed E-state index contributed by atoms with van der Waals surface area (Å²) in [5.74, 6) is -0.0551. The van der Waals surface area contributed by atoms with Gasteiger partial charge in [0.2, 0.25) is 5.91 Å². The molecule has 1 N–H and O–H groups in total. The molecular weight excluding hydrogens is 262 g/mol. The molecule has 2 aromatic rings. The molecule has 0 aromatic heterocycles. The Morgan fingerprint density at radius 1 is 1.05 bits per heavy atom. The first-order chi connectivity index (χ1) is 10.1. The molecule has 0 radical (unpaired) electrons. The van der Waals surface area contributed by atoms with Crippen molar-refractivity contribution in [1.29, 1.82) is 0 Å². The molecule has 1 amide bonds. The van der Waals surface area contributed by atoms with Gasteiger partial charge in [-0.2, -0.15) is 0 Å². The molecule has 1 heterocycles. The van der Waals surface area contributed by atoms with Crippen LogP contribution in [0.2, 0.25) is 0 Å². The smallest absolute Gasteiger partial charge is 0.235 e. The van der Waals surface area contributed by atoms with Gasteiger partial charge in [-0.15, -0.1) is 0 Å². The van der Waals surface area contributed by atoms with Crippen LogP contribution in [0.15, 0.2) is 54.6 Å². The highest BCUT2D eigenvalue weighted by Crippen LogP contribution is 2.42. The van der Waals surface area contributed by atoms with Gasteiger partial charge >= 0.3 is 0 Å². The minimum Gasteiger partial charge on any atom is -0.325 e. The number of hydrogen-bond acceptors (Lipinski definition) is 2. The maximum Gasteiger partial charge on any atom is 0.235 e. The number of rotatable bonds is 4. The van der Waals surface area contributed by atoms with E-state index < -0.39 is 5.41 Å². The Labute approximate surface area is 124 Å². The number of hydrogen-bond donors (Lipinski definition) is 1. The highest BCUT2D eigenvalue weighted by molar-refractivity contribution is 6.08. The monoisotopic (exact) mass is 279 g/mol. The van der Waals surface area contributed by atoms with E-state index >= 15 is 0 Å². The molecule has 0 spiro atoms. The first kappa shape index (κ1) is 13.6. The van der Waals surface area contributed by atoms with Crippen LogP contribution in [0.3, 0.4) is 0 Å². The van der Waals surface area contributed by atoms with Crippen molar-refractivity contribution in [2.24, 2.45) is 0 Å². The van der Waals surface area contributed by atoms with E-state index in [2.05, 4.69) is 5.32 Å². The van der Waals surface area contributed by atoms with Crippen molar-refractivity contribution in [2.75, 3.05) is 5.32 Å². The van der Waals surface area contributed by atoms with Crippen LogP contribution in [0.25, 0.3) is 0 Å². The van der Waals surface area contributed by atoms with E-state index in [0.29, 0.717) is 6.42 Å². The average Bonchev–Trinajstić information content (AvgIpc) is 2.72. The molecule has 0 unspecified atom stereocenters.